The Morgan fingerprint density at radius 1 is 1.24 bits per heavy atom. The Bertz CT molecular complexity index is 468. The zero-order valence-electron chi connectivity index (χ0n) is 12.8. The van der Waals surface area contributed by atoms with Crippen molar-refractivity contribution >= 4 is 11.9 Å². The zero-order chi connectivity index (χ0) is 15.8. The molecule has 0 unspecified atom stereocenters. The van der Waals surface area contributed by atoms with Crippen LogP contribution in [0.5, 0.6) is 5.75 Å². The summed E-state index contributed by atoms with van der Waals surface area (Å²) in [5.74, 6) is -0.508. The first-order chi connectivity index (χ1) is 9.93. The van der Waals surface area contributed by atoms with Crippen LogP contribution in [0.1, 0.15) is 44.0 Å². The molecule has 1 atom stereocenters. The van der Waals surface area contributed by atoms with Crippen LogP contribution in [0, 0.1) is 5.92 Å². The Balaban J connectivity index is 2.67. The summed E-state index contributed by atoms with van der Waals surface area (Å²) in [4.78, 5) is 23.2. The maximum absolute atomic E-state index is 12.1. The average Bonchev–Trinajstić information content (AvgIpc) is 2.44. The zero-order valence-corrected chi connectivity index (χ0v) is 12.8. The molecular weight excluding hydrogens is 270 g/mol. The summed E-state index contributed by atoms with van der Waals surface area (Å²) >= 11 is 0. The molecule has 0 saturated carbocycles. The van der Waals surface area contributed by atoms with Gasteiger partial charge in [-0.05, 0) is 43.0 Å². The molecule has 5 nitrogen and oxygen atoms in total. The summed E-state index contributed by atoms with van der Waals surface area (Å²) in [5.41, 5.74) is 0.425. The molecule has 1 aromatic carbocycles. The quantitative estimate of drug-likeness (QED) is 0.772. The van der Waals surface area contributed by atoms with Crippen LogP contribution in [0.4, 0.5) is 0 Å². The lowest BCUT2D eigenvalue weighted by Gasteiger charge is -2.16. The van der Waals surface area contributed by atoms with E-state index in [2.05, 4.69) is 5.32 Å². The summed E-state index contributed by atoms with van der Waals surface area (Å²) in [6.45, 7) is 6.48. The molecule has 0 aliphatic rings. The number of hydrogen-bond acceptors (Lipinski definition) is 3. The molecule has 0 aromatic heterocycles. The highest BCUT2D eigenvalue weighted by molar-refractivity contribution is 5.96. The summed E-state index contributed by atoms with van der Waals surface area (Å²) in [7, 11) is 0. The number of hydrogen-bond donors (Lipinski definition) is 2. The Kier molecular flexibility index (Phi) is 6.72. The van der Waals surface area contributed by atoms with Gasteiger partial charge in [-0.2, -0.15) is 0 Å². The predicted molar refractivity (Wildman–Crippen MR) is 80.6 cm³/mol. The van der Waals surface area contributed by atoms with E-state index in [1.165, 1.54) is 0 Å². The SMILES string of the molecule is CCCOc1ccc(C(=O)N[C@H](CC(C)C)C(=O)O)cc1. The minimum absolute atomic E-state index is 0.191. The first kappa shape index (κ1) is 17.0. The number of aliphatic carboxylic acids is 1. The van der Waals surface area contributed by atoms with Crippen molar-refractivity contribution < 1.29 is 19.4 Å². The van der Waals surface area contributed by atoms with E-state index in [0.29, 0.717) is 24.3 Å². The van der Waals surface area contributed by atoms with Crippen molar-refractivity contribution in [2.75, 3.05) is 6.61 Å². The van der Waals surface area contributed by atoms with Gasteiger partial charge in [0.1, 0.15) is 11.8 Å². The van der Waals surface area contributed by atoms with E-state index in [1.54, 1.807) is 24.3 Å². The van der Waals surface area contributed by atoms with E-state index in [0.717, 1.165) is 6.42 Å². The van der Waals surface area contributed by atoms with Crippen LogP contribution < -0.4 is 10.1 Å². The van der Waals surface area contributed by atoms with Crippen LogP contribution in [-0.2, 0) is 4.79 Å². The standard InChI is InChI=1S/C16H23NO4/c1-4-9-21-13-7-5-12(6-8-13)15(18)17-14(16(19)20)10-11(2)3/h5-8,11,14H,4,9-10H2,1-3H3,(H,17,18)(H,19,20)/t14-/m1/s1. The average molecular weight is 293 g/mol. The van der Waals surface area contributed by atoms with E-state index >= 15 is 0 Å². The van der Waals surface area contributed by atoms with E-state index in [4.69, 9.17) is 9.84 Å². The minimum atomic E-state index is -1.01. The molecule has 0 aliphatic carbocycles. The molecular formula is C16H23NO4. The Hall–Kier alpha value is -2.04. The molecule has 0 saturated heterocycles. The number of amides is 1. The number of rotatable bonds is 8. The first-order valence-corrected chi connectivity index (χ1v) is 7.20. The van der Waals surface area contributed by atoms with Crippen molar-refractivity contribution in [3.05, 3.63) is 29.8 Å². The fraction of sp³-hybridized carbons (Fsp3) is 0.500. The number of nitrogens with one attached hydrogen (secondary N) is 1. The second kappa shape index (κ2) is 8.29. The van der Waals surface area contributed by atoms with Gasteiger partial charge in [-0.15, -0.1) is 0 Å². The van der Waals surface area contributed by atoms with Gasteiger partial charge >= 0.3 is 5.97 Å². The van der Waals surface area contributed by atoms with Crippen molar-refractivity contribution in [1.29, 1.82) is 0 Å². The van der Waals surface area contributed by atoms with Gasteiger partial charge in [0.15, 0.2) is 0 Å². The van der Waals surface area contributed by atoms with Crippen molar-refractivity contribution in [3.8, 4) is 5.75 Å². The highest BCUT2D eigenvalue weighted by atomic mass is 16.5. The third-order valence-corrected chi connectivity index (χ3v) is 2.90. The summed E-state index contributed by atoms with van der Waals surface area (Å²) < 4.78 is 5.44. The molecule has 116 valence electrons. The molecule has 0 spiro atoms. The van der Waals surface area contributed by atoms with E-state index in [9.17, 15) is 9.59 Å². The Morgan fingerprint density at radius 3 is 2.33 bits per heavy atom. The second-order valence-electron chi connectivity index (χ2n) is 5.37. The highest BCUT2D eigenvalue weighted by Gasteiger charge is 2.21. The summed E-state index contributed by atoms with van der Waals surface area (Å²) in [5, 5.41) is 11.7. The largest absolute Gasteiger partial charge is 0.494 e. The highest BCUT2D eigenvalue weighted by Crippen LogP contribution is 2.13. The molecule has 21 heavy (non-hydrogen) atoms. The Labute approximate surface area is 125 Å². The molecule has 0 bridgehead atoms. The Morgan fingerprint density at radius 2 is 1.86 bits per heavy atom. The molecule has 0 radical (unpaired) electrons. The van der Waals surface area contributed by atoms with Crippen molar-refractivity contribution in [2.24, 2.45) is 5.92 Å². The molecule has 1 amide bonds. The van der Waals surface area contributed by atoms with Crippen LogP contribution >= 0.6 is 0 Å². The first-order valence-electron chi connectivity index (χ1n) is 7.20. The normalized spacial score (nSPS) is 12.0. The lowest BCUT2D eigenvalue weighted by Crippen LogP contribution is -2.41. The van der Waals surface area contributed by atoms with Crippen LogP contribution in [0.3, 0.4) is 0 Å². The molecule has 5 heteroatoms. The number of carboxylic acids is 1. The lowest BCUT2D eigenvalue weighted by molar-refractivity contribution is -0.139. The molecule has 1 aromatic rings. The van der Waals surface area contributed by atoms with Gasteiger partial charge in [0.2, 0.25) is 0 Å². The number of carboxylic acid groups (broad SMARTS) is 1. The van der Waals surface area contributed by atoms with Crippen molar-refractivity contribution in [2.45, 2.75) is 39.7 Å². The van der Waals surface area contributed by atoms with E-state index < -0.39 is 12.0 Å². The second-order valence-corrected chi connectivity index (χ2v) is 5.37. The van der Waals surface area contributed by atoms with Gasteiger partial charge in [0, 0.05) is 5.56 Å². The number of ether oxygens (including phenoxy) is 1. The van der Waals surface area contributed by atoms with Gasteiger partial charge in [-0.3, -0.25) is 4.79 Å². The number of carbonyl (C=O) groups is 2. The van der Waals surface area contributed by atoms with Crippen molar-refractivity contribution in [3.63, 3.8) is 0 Å². The van der Waals surface area contributed by atoms with Gasteiger partial charge < -0.3 is 15.2 Å². The molecule has 0 heterocycles. The maximum atomic E-state index is 12.1. The molecule has 1 rings (SSSR count). The maximum Gasteiger partial charge on any atom is 0.326 e. The summed E-state index contributed by atoms with van der Waals surface area (Å²) in [6, 6.07) is 5.82. The third kappa shape index (κ3) is 5.85. The monoisotopic (exact) mass is 293 g/mol. The van der Waals surface area contributed by atoms with E-state index in [-0.39, 0.29) is 11.8 Å². The van der Waals surface area contributed by atoms with Crippen molar-refractivity contribution in [1.82, 2.24) is 5.32 Å². The van der Waals surface area contributed by atoms with Gasteiger partial charge in [-0.25, -0.2) is 4.79 Å². The number of benzene rings is 1. The fourth-order valence-corrected chi connectivity index (χ4v) is 1.86. The van der Waals surface area contributed by atoms with Gasteiger partial charge in [0.05, 0.1) is 6.61 Å². The van der Waals surface area contributed by atoms with Gasteiger partial charge in [0.25, 0.3) is 5.91 Å². The topological polar surface area (TPSA) is 75.6 Å². The molecule has 0 fully saturated rings. The smallest absolute Gasteiger partial charge is 0.326 e. The summed E-state index contributed by atoms with van der Waals surface area (Å²) in [6.07, 6.45) is 1.32. The molecule has 2 N–H and O–H groups in total. The lowest BCUT2D eigenvalue weighted by atomic mass is 10.0. The minimum Gasteiger partial charge on any atom is -0.494 e. The van der Waals surface area contributed by atoms with E-state index in [1.807, 2.05) is 20.8 Å². The van der Waals surface area contributed by atoms with Crippen LogP contribution in [0.15, 0.2) is 24.3 Å². The van der Waals surface area contributed by atoms with Crippen LogP contribution in [0.2, 0.25) is 0 Å². The van der Waals surface area contributed by atoms with Gasteiger partial charge in [-0.1, -0.05) is 20.8 Å². The fourth-order valence-electron chi connectivity index (χ4n) is 1.86. The van der Waals surface area contributed by atoms with Crippen LogP contribution in [0.25, 0.3) is 0 Å². The predicted octanol–water partition coefficient (Wildman–Crippen LogP) is 2.70. The molecule has 0 aliphatic heterocycles. The third-order valence-electron chi connectivity index (χ3n) is 2.90. The number of carbonyl (C=O) groups excluding carboxylic acids is 1. The van der Waals surface area contributed by atoms with Crippen LogP contribution in [-0.4, -0.2) is 29.6 Å².